The number of anilines is 2. The van der Waals surface area contributed by atoms with Crippen LogP contribution in [0.3, 0.4) is 0 Å². The molecule has 1 amide bonds. The number of benzene rings is 1. The predicted molar refractivity (Wildman–Crippen MR) is 83.4 cm³/mol. The fraction of sp³-hybridized carbons (Fsp3) is 0.250. The van der Waals surface area contributed by atoms with Gasteiger partial charge in [0.15, 0.2) is 0 Å². The van der Waals surface area contributed by atoms with Gasteiger partial charge in [0.25, 0.3) is 5.91 Å². The minimum absolute atomic E-state index is 0.0221. The van der Waals surface area contributed by atoms with E-state index in [0.717, 1.165) is 0 Å². The first-order valence-corrected chi connectivity index (χ1v) is 6.82. The molecule has 0 spiro atoms. The summed E-state index contributed by atoms with van der Waals surface area (Å²) in [4.78, 5) is 16.1. The Morgan fingerprint density at radius 3 is 2.59 bits per heavy atom. The Morgan fingerprint density at radius 2 is 2.00 bits per heavy atom. The molecule has 22 heavy (non-hydrogen) atoms. The van der Waals surface area contributed by atoms with Gasteiger partial charge in [-0.3, -0.25) is 4.79 Å². The Balaban J connectivity index is 2.06. The van der Waals surface area contributed by atoms with Crippen molar-refractivity contribution in [3.8, 4) is 0 Å². The molecule has 0 aliphatic rings. The molecule has 1 heterocycles. The maximum Gasteiger partial charge on any atom is 0.258 e. The van der Waals surface area contributed by atoms with Crippen LogP contribution in [0.1, 0.15) is 24.2 Å². The first-order chi connectivity index (χ1) is 10.4. The van der Waals surface area contributed by atoms with Gasteiger partial charge in [-0.25, -0.2) is 9.37 Å². The van der Waals surface area contributed by atoms with Gasteiger partial charge in [-0.2, -0.15) is 0 Å². The zero-order chi connectivity index (χ0) is 16.2. The molecule has 0 bridgehead atoms. The number of hydrogen-bond acceptors (Lipinski definition) is 4. The topological polar surface area (TPSA) is 74.2 Å². The zero-order valence-electron chi connectivity index (χ0n) is 12.4. The number of pyridine rings is 1. The molecule has 0 fully saturated rings. The lowest BCUT2D eigenvalue weighted by Gasteiger charge is -2.24. The van der Waals surface area contributed by atoms with Gasteiger partial charge in [-0.05, 0) is 38.1 Å². The maximum absolute atomic E-state index is 13.5. The number of hydrogen-bond donors (Lipinski definition) is 3. The average molecular weight is 303 g/mol. The summed E-state index contributed by atoms with van der Waals surface area (Å²) in [5, 5.41) is 14.8. The van der Waals surface area contributed by atoms with Crippen molar-refractivity contribution >= 4 is 17.4 Å². The van der Waals surface area contributed by atoms with Gasteiger partial charge in [0, 0.05) is 0 Å². The number of carbonyl (C=O) groups is 1. The molecule has 2 rings (SSSR count). The second-order valence-electron chi connectivity index (χ2n) is 5.53. The first kappa shape index (κ1) is 15.9. The van der Waals surface area contributed by atoms with Crippen LogP contribution in [0.15, 0.2) is 42.6 Å². The van der Waals surface area contributed by atoms with Crippen LogP contribution in [0.25, 0.3) is 0 Å². The van der Waals surface area contributed by atoms with Gasteiger partial charge < -0.3 is 15.7 Å². The van der Waals surface area contributed by atoms with E-state index in [2.05, 4.69) is 15.6 Å². The van der Waals surface area contributed by atoms with Gasteiger partial charge in [0.2, 0.25) is 0 Å². The number of halogens is 1. The van der Waals surface area contributed by atoms with Crippen molar-refractivity contribution in [2.24, 2.45) is 0 Å². The first-order valence-electron chi connectivity index (χ1n) is 6.82. The van der Waals surface area contributed by atoms with Crippen LogP contribution in [0.4, 0.5) is 15.9 Å². The molecule has 0 saturated carbocycles. The summed E-state index contributed by atoms with van der Waals surface area (Å²) in [6, 6.07) is 9.10. The van der Waals surface area contributed by atoms with Crippen molar-refractivity contribution in [1.29, 1.82) is 0 Å². The van der Waals surface area contributed by atoms with Crippen molar-refractivity contribution in [1.82, 2.24) is 4.98 Å². The number of aliphatic hydroxyl groups excluding tert-OH is 1. The van der Waals surface area contributed by atoms with Crippen LogP contribution >= 0.6 is 0 Å². The average Bonchev–Trinajstić information content (AvgIpc) is 2.49. The van der Waals surface area contributed by atoms with Crippen molar-refractivity contribution in [3.63, 3.8) is 0 Å². The molecule has 0 saturated heterocycles. The number of nitrogens with one attached hydrogen (secondary N) is 2. The molecule has 5 nitrogen and oxygen atoms in total. The van der Waals surface area contributed by atoms with Gasteiger partial charge >= 0.3 is 0 Å². The lowest BCUT2D eigenvalue weighted by Crippen LogP contribution is -2.35. The largest absolute Gasteiger partial charge is 0.394 e. The van der Waals surface area contributed by atoms with E-state index in [1.807, 2.05) is 13.8 Å². The van der Waals surface area contributed by atoms with Crippen molar-refractivity contribution in [2.45, 2.75) is 19.4 Å². The zero-order valence-corrected chi connectivity index (χ0v) is 12.4. The van der Waals surface area contributed by atoms with Gasteiger partial charge in [0.05, 0.1) is 29.6 Å². The third-order valence-corrected chi connectivity index (χ3v) is 3.00. The molecule has 0 aliphatic carbocycles. The lowest BCUT2D eigenvalue weighted by atomic mass is 10.1. The minimum Gasteiger partial charge on any atom is -0.394 e. The van der Waals surface area contributed by atoms with Crippen LogP contribution < -0.4 is 10.6 Å². The number of aliphatic hydroxyl groups is 1. The van der Waals surface area contributed by atoms with Crippen molar-refractivity contribution in [2.75, 3.05) is 17.2 Å². The molecular formula is C16H18FN3O2. The van der Waals surface area contributed by atoms with E-state index in [4.69, 9.17) is 0 Å². The highest BCUT2D eigenvalue weighted by molar-refractivity contribution is 6.04. The molecule has 1 aromatic heterocycles. The molecule has 1 aromatic carbocycles. The second kappa shape index (κ2) is 6.53. The standard InChI is InChI=1S/C16H18FN3O2/c1-16(2,10-21)20-14-8-7-11(9-18-14)19-15(22)12-5-3-4-6-13(12)17/h3-9,21H,10H2,1-2H3,(H,18,20)(H,19,22). The van der Waals surface area contributed by atoms with Gasteiger partial charge in [-0.15, -0.1) is 0 Å². The van der Waals surface area contributed by atoms with E-state index in [-0.39, 0.29) is 12.2 Å². The van der Waals surface area contributed by atoms with E-state index in [1.54, 1.807) is 18.2 Å². The highest BCUT2D eigenvalue weighted by Gasteiger charge is 2.16. The third kappa shape index (κ3) is 4.02. The van der Waals surface area contributed by atoms with E-state index in [0.29, 0.717) is 11.5 Å². The molecule has 0 unspecified atom stereocenters. The molecule has 0 atom stereocenters. The summed E-state index contributed by atoms with van der Waals surface area (Å²) in [5.74, 6) is -0.532. The fourth-order valence-corrected chi connectivity index (χ4v) is 1.77. The van der Waals surface area contributed by atoms with E-state index in [1.165, 1.54) is 24.4 Å². The van der Waals surface area contributed by atoms with Crippen LogP contribution in [0.2, 0.25) is 0 Å². The quantitative estimate of drug-likeness (QED) is 0.794. The number of amides is 1. The van der Waals surface area contributed by atoms with Crippen LogP contribution in [0.5, 0.6) is 0 Å². The molecule has 2 aromatic rings. The number of rotatable bonds is 5. The van der Waals surface area contributed by atoms with E-state index in [9.17, 15) is 14.3 Å². The minimum atomic E-state index is -0.573. The number of aromatic nitrogens is 1. The molecule has 116 valence electrons. The van der Waals surface area contributed by atoms with Crippen LogP contribution in [-0.4, -0.2) is 28.1 Å². The summed E-state index contributed by atoms with van der Waals surface area (Å²) >= 11 is 0. The Morgan fingerprint density at radius 1 is 1.27 bits per heavy atom. The molecule has 6 heteroatoms. The lowest BCUT2D eigenvalue weighted by molar-refractivity contribution is 0.102. The number of nitrogens with zero attached hydrogens (tertiary/aromatic N) is 1. The smallest absolute Gasteiger partial charge is 0.258 e. The Bertz CT molecular complexity index is 657. The molecule has 0 aliphatic heterocycles. The summed E-state index contributed by atoms with van der Waals surface area (Å²) in [5.41, 5.74) is -0.0583. The maximum atomic E-state index is 13.5. The summed E-state index contributed by atoms with van der Waals surface area (Å²) in [6.07, 6.45) is 1.47. The summed E-state index contributed by atoms with van der Waals surface area (Å²) in [7, 11) is 0. The molecular weight excluding hydrogens is 285 g/mol. The van der Waals surface area contributed by atoms with Crippen molar-refractivity contribution in [3.05, 3.63) is 54.0 Å². The summed E-state index contributed by atoms with van der Waals surface area (Å²) < 4.78 is 13.5. The summed E-state index contributed by atoms with van der Waals surface area (Å²) in [6.45, 7) is 3.63. The Labute approximate surface area is 128 Å². The molecule has 0 radical (unpaired) electrons. The van der Waals surface area contributed by atoms with E-state index >= 15 is 0 Å². The van der Waals surface area contributed by atoms with Crippen molar-refractivity contribution < 1.29 is 14.3 Å². The third-order valence-electron chi connectivity index (χ3n) is 3.00. The normalized spacial score (nSPS) is 11.1. The predicted octanol–water partition coefficient (Wildman–Crippen LogP) is 2.66. The second-order valence-corrected chi connectivity index (χ2v) is 5.53. The number of carbonyl (C=O) groups excluding carboxylic acids is 1. The highest BCUT2D eigenvalue weighted by Crippen LogP contribution is 2.16. The monoisotopic (exact) mass is 303 g/mol. The Kier molecular flexibility index (Phi) is 4.72. The fourth-order valence-electron chi connectivity index (χ4n) is 1.77. The van der Waals surface area contributed by atoms with Gasteiger partial charge in [0.1, 0.15) is 11.6 Å². The SMILES string of the molecule is CC(C)(CO)Nc1ccc(NC(=O)c2ccccc2F)cn1. The van der Waals surface area contributed by atoms with Crippen LogP contribution in [0, 0.1) is 5.82 Å². The van der Waals surface area contributed by atoms with Crippen LogP contribution in [-0.2, 0) is 0 Å². The van der Waals surface area contributed by atoms with E-state index < -0.39 is 17.3 Å². The molecule has 3 N–H and O–H groups in total. The Hall–Kier alpha value is -2.47. The van der Waals surface area contributed by atoms with Gasteiger partial charge in [-0.1, -0.05) is 12.1 Å². The highest BCUT2D eigenvalue weighted by atomic mass is 19.1.